The highest BCUT2D eigenvalue weighted by molar-refractivity contribution is 5.89. The van der Waals surface area contributed by atoms with Gasteiger partial charge in [0.25, 0.3) is 0 Å². The minimum absolute atomic E-state index is 0.0172. The first-order chi connectivity index (χ1) is 13.2. The van der Waals surface area contributed by atoms with Crippen LogP contribution in [0.3, 0.4) is 0 Å². The number of hydrogen-bond acceptors (Lipinski definition) is 5. The van der Waals surface area contributed by atoms with Crippen molar-refractivity contribution in [2.45, 2.75) is 83.3 Å². The molecule has 0 radical (unpaired) electrons. The van der Waals surface area contributed by atoms with Crippen LogP contribution in [-0.2, 0) is 9.53 Å². The molecule has 1 aliphatic heterocycles. The van der Waals surface area contributed by atoms with Crippen molar-refractivity contribution >= 4 is 5.97 Å². The number of cyclic esters (lactones) is 1. The molecular formula is C23H34O5. The minimum Gasteiger partial charge on any atom is -0.502 e. The molecule has 5 nitrogen and oxygen atoms in total. The molecule has 0 spiro atoms. The van der Waals surface area contributed by atoms with E-state index in [1.807, 2.05) is 0 Å². The highest BCUT2D eigenvalue weighted by Gasteiger charge is 2.68. The molecule has 156 valence electrons. The number of ether oxygens (including phenoxy) is 1. The second-order valence-electron chi connectivity index (χ2n) is 10.8. The topological polar surface area (TPSA) is 87.0 Å². The van der Waals surface area contributed by atoms with Gasteiger partial charge in [0, 0.05) is 11.0 Å². The minimum atomic E-state index is -0.746. The Hall–Kier alpha value is -1.07. The third kappa shape index (κ3) is 2.23. The van der Waals surface area contributed by atoms with E-state index >= 15 is 0 Å². The summed E-state index contributed by atoms with van der Waals surface area (Å²) in [5.74, 6) is 0.526. The van der Waals surface area contributed by atoms with E-state index in [0.29, 0.717) is 17.4 Å². The number of carbonyl (C=O) groups excluding carboxylic acids is 1. The number of hydrogen-bond donors (Lipinski definition) is 3. The van der Waals surface area contributed by atoms with Crippen molar-refractivity contribution in [2.75, 3.05) is 6.61 Å². The molecule has 0 aromatic carbocycles. The third-order valence-electron chi connectivity index (χ3n) is 10.1. The van der Waals surface area contributed by atoms with Crippen molar-refractivity contribution in [1.82, 2.24) is 0 Å². The number of esters is 1. The molecular weight excluding hydrogens is 356 g/mol. The van der Waals surface area contributed by atoms with Gasteiger partial charge in [-0.25, -0.2) is 4.79 Å². The molecule has 0 unspecified atom stereocenters. The summed E-state index contributed by atoms with van der Waals surface area (Å²) in [4.78, 5) is 11.7. The lowest BCUT2D eigenvalue weighted by Gasteiger charge is -2.63. The fourth-order valence-corrected chi connectivity index (χ4v) is 8.44. The molecule has 0 saturated heterocycles. The maximum absolute atomic E-state index is 12.1. The summed E-state index contributed by atoms with van der Waals surface area (Å²) >= 11 is 0. The Kier molecular flexibility index (Phi) is 4.04. The average Bonchev–Trinajstić information content (AvgIpc) is 3.12. The Morgan fingerprint density at radius 1 is 1.00 bits per heavy atom. The van der Waals surface area contributed by atoms with Gasteiger partial charge in [-0.2, -0.15) is 0 Å². The Labute approximate surface area is 167 Å². The van der Waals surface area contributed by atoms with Crippen molar-refractivity contribution in [3.63, 3.8) is 0 Å². The zero-order chi connectivity index (χ0) is 19.9. The van der Waals surface area contributed by atoms with Crippen LogP contribution in [0.2, 0.25) is 0 Å². The van der Waals surface area contributed by atoms with Crippen LogP contribution in [0, 0.1) is 34.5 Å². The molecule has 0 aromatic rings. The number of aliphatic hydroxyl groups excluding tert-OH is 2. The normalized spacial score (nSPS) is 53.4. The van der Waals surface area contributed by atoms with E-state index in [1.165, 1.54) is 0 Å². The smallest absolute Gasteiger partial charge is 0.373 e. The quantitative estimate of drug-likeness (QED) is 0.597. The molecule has 1 heterocycles. The molecule has 4 aliphatic carbocycles. The molecule has 28 heavy (non-hydrogen) atoms. The van der Waals surface area contributed by atoms with Crippen molar-refractivity contribution in [3.05, 3.63) is 11.3 Å². The summed E-state index contributed by atoms with van der Waals surface area (Å²) in [7, 11) is 0. The summed E-state index contributed by atoms with van der Waals surface area (Å²) < 4.78 is 5.08. The lowest BCUT2D eigenvalue weighted by Crippen LogP contribution is -2.62. The van der Waals surface area contributed by atoms with Gasteiger partial charge in [0.15, 0.2) is 0 Å². The highest BCUT2D eigenvalue weighted by atomic mass is 16.6. The standard InChI is InChI=1S/C23H34O5/c1-21-8-5-14(24)11-13(21)3-4-18-17(21)6-9-22(2)16(7-10-23(18,22)27)15-12-28-20(26)19(15)25/h13-14,16-18,24-25,27H,3-12H2,1-2H3/t13-,14+,16+,17+,18-,21+,22-,23+/m1/s1. The Balaban J connectivity index is 1.48. The van der Waals surface area contributed by atoms with Gasteiger partial charge >= 0.3 is 5.97 Å². The van der Waals surface area contributed by atoms with Crippen molar-refractivity contribution in [1.29, 1.82) is 0 Å². The molecule has 5 rings (SSSR count). The first-order valence-electron chi connectivity index (χ1n) is 11.2. The van der Waals surface area contributed by atoms with Crippen LogP contribution >= 0.6 is 0 Å². The van der Waals surface area contributed by atoms with Crippen LogP contribution in [-0.4, -0.2) is 39.6 Å². The Bertz CT molecular complexity index is 731. The van der Waals surface area contributed by atoms with E-state index < -0.39 is 11.6 Å². The van der Waals surface area contributed by atoms with Crippen molar-refractivity contribution in [3.8, 4) is 0 Å². The molecule has 0 bridgehead atoms. The summed E-state index contributed by atoms with van der Waals surface area (Å²) in [6.45, 7) is 4.77. The van der Waals surface area contributed by atoms with Gasteiger partial charge in [-0.3, -0.25) is 0 Å². The fraction of sp³-hybridized carbons (Fsp3) is 0.870. The van der Waals surface area contributed by atoms with Crippen molar-refractivity contribution < 1.29 is 24.9 Å². The van der Waals surface area contributed by atoms with Gasteiger partial charge in [0.2, 0.25) is 5.76 Å². The predicted octanol–water partition coefficient (Wildman–Crippen LogP) is 3.49. The van der Waals surface area contributed by atoms with E-state index in [2.05, 4.69) is 13.8 Å². The largest absolute Gasteiger partial charge is 0.502 e. The van der Waals surface area contributed by atoms with Gasteiger partial charge in [-0.1, -0.05) is 13.8 Å². The average molecular weight is 391 g/mol. The third-order valence-corrected chi connectivity index (χ3v) is 10.1. The van der Waals surface area contributed by atoms with Crippen LogP contribution in [0.25, 0.3) is 0 Å². The van der Waals surface area contributed by atoms with Gasteiger partial charge in [-0.05, 0) is 86.9 Å². The second kappa shape index (κ2) is 5.98. The maximum Gasteiger partial charge on any atom is 0.373 e. The predicted molar refractivity (Wildman–Crippen MR) is 103 cm³/mol. The molecule has 3 N–H and O–H groups in total. The van der Waals surface area contributed by atoms with Crippen LogP contribution < -0.4 is 0 Å². The molecule has 4 fully saturated rings. The van der Waals surface area contributed by atoms with Gasteiger partial charge in [0.05, 0.1) is 11.7 Å². The zero-order valence-electron chi connectivity index (χ0n) is 17.1. The number of rotatable bonds is 1. The van der Waals surface area contributed by atoms with E-state index in [4.69, 9.17) is 4.74 Å². The molecule has 0 aromatic heterocycles. The number of aliphatic hydroxyl groups is 3. The highest BCUT2D eigenvalue weighted by Crippen LogP contribution is 2.70. The van der Waals surface area contributed by atoms with Crippen LogP contribution in [0.5, 0.6) is 0 Å². The SMILES string of the molecule is C[C@]12CC[C@H](O)C[C@H]1CC[C@@H]1[C@@H]2CC[C@]2(C)[C@H](C3=C(O)C(=O)OC3)CC[C@]12O. The van der Waals surface area contributed by atoms with E-state index in [-0.39, 0.29) is 41.1 Å². The Morgan fingerprint density at radius 3 is 2.50 bits per heavy atom. The Morgan fingerprint density at radius 2 is 1.79 bits per heavy atom. The maximum atomic E-state index is 12.1. The first-order valence-corrected chi connectivity index (χ1v) is 11.2. The molecule has 4 saturated carbocycles. The molecule has 5 heteroatoms. The van der Waals surface area contributed by atoms with Gasteiger partial charge in [0.1, 0.15) is 6.61 Å². The van der Waals surface area contributed by atoms with E-state index in [0.717, 1.165) is 57.8 Å². The summed E-state index contributed by atoms with van der Waals surface area (Å²) in [6.07, 6.45) is 8.38. The van der Waals surface area contributed by atoms with E-state index in [1.54, 1.807) is 0 Å². The van der Waals surface area contributed by atoms with Crippen molar-refractivity contribution in [2.24, 2.45) is 34.5 Å². The number of fused-ring (bicyclic) bond motifs is 5. The lowest BCUT2D eigenvalue weighted by molar-refractivity contribution is -0.208. The molecule has 8 atom stereocenters. The second-order valence-corrected chi connectivity index (χ2v) is 10.8. The summed E-state index contributed by atoms with van der Waals surface area (Å²) in [5.41, 5.74) is -0.139. The van der Waals surface area contributed by atoms with Crippen LogP contribution in [0.4, 0.5) is 0 Å². The van der Waals surface area contributed by atoms with Crippen LogP contribution in [0.15, 0.2) is 11.3 Å². The summed E-state index contributed by atoms with van der Waals surface area (Å²) in [5, 5.41) is 32.6. The van der Waals surface area contributed by atoms with Gasteiger partial charge in [-0.15, -0.1) is 0 Å². The zero-order valence-corrected chi connectivity index (χ0v) is 17.1. The molecule has 5 aliphatic rings. The monoisotopic (exact) mass is 390 g/mol. The fourth-order valence-electron chi connectivity index (χ4n) is 8.44. The first kappa shape index (κ1) is 18.9. The summed E-state index contributed by atoms with van der Waals surface area (Å²) in [6, 6.07) is 0. The molecule has 0 amide bonds. The van der Waals surface area contributed by atoms with Gasteiger partial charge < -0.3 is 20.1 Å². The van der Waals surface area contributed by atoms with E-state index in [9.17, 15) is 20.1 Å². The number of carbonyl (C=O) groups is 1. The van der Waals surface area contributed by atoms with Crippen LogP contribution in [0.1, 0.15) is 71.6 Å². The lowest BCUT2D eigenvalue weighted by atomic mass is 9.43.